The molecule has 1 aromatic carbocycles. The van der Waals surface area contributed by atoms with Crippen LogP contribution in [0.3, 0.4) is 0 Å². The van der Waals surface area contributed by atoms with Crippen LogP contribution in [0.1, 0.15) is 58.6 Å². The molecule has 0 heterocycles. The van der Waals surface area contributed by atoms with E-state index in [1.54, 1.807) is 0 Å². The van der Waals surface area contributed by atoms with Crippen molar-refractivity contribution >= 4 is 0 Å². The highest BCUT2D eigenvalue weighted by molar-refractivity contribution is 5.24. The van der Waals surface area contributed by atoms with Gasteiger partial charge in [-0.15, -0.1) is 26.3 Å². The summed E-state index contributed by atoms with van der Waals surface area (Å²) in [7, 11) is 0. The normalized spacial score (nSPS) is 6.84. The van der Waals surface area contributed by atoms with E-state index in [0.29, 0.717) is 0 Å². The summed E-state index contributed by atoms with van der Waals surface area (Å²) in [5.74, 6) is 0. The number of hydrogen-bond donors (Lipinski definition) is 0. The highest BCUT2D eigenvalue weighted by atomic mass is 13.9. The molecule has 0 aliphatic carbocycles. The third-order valence-electron chi connectivity index (χ3n) is 2.14. The van der Waals surface area contributed by atoms with Gasteiger partial charge in [-0.3, -0.25) is 0 Å². The average molecular weight is 264 g/mol. The van der Waals surface area contributed by atoms with Crippen LogP contribution in [-0.4, -0.2) is 0 Å². The summed E-state index contributed by atoms with van der Waals surface area (Å²) >= 11 is 0. The molecule has 0 heteroatoms. The first-order valence-electron chi connectivity index (χ1n) is 7.30. The number of rotatable bonds is 2. The monoisotopic (exact) mass is 264 g/mol. The fourth-order valence-corrected chi connectivity index (χ4v) is 1.01. The Bertz CT molecular complexity index is 234. The second kappa shape index (κ2) is 30.1. The fourth-order valence-electron chi connectivity index (χ4n) is 1.01. The van der Waals surface area contributed by atoms with Crippen molar-refractivity contribution in [3.8, 4) is 0 Å². The summed E-state index contributed by atoms with van der Waals surface area (Å²) in [6.45, 7) is 24.7. The van der Waals surface area contributed by atoms with Gasteiger partial charge in [0.15, 0.2) is 0 Å². The summed E-state index contributed by atoms with van der Waals surface area (Å²) in [4.78, 5) is 0. The summed E-state index contributed by atoms with van der Waals surface area (Å²) < 4.78 is 0. The van der Waals surface area contributed by atoms with Gasteiger partial charge in [-0.25, -0.2) is 0 Å². The molecule has 0 aliphatic rings. The lowest BCUT2D eigenvalue weighted by atomic mass is 10.1. The van der Waals surface area contributed by atoms with Gasteiger partial charge >= 0.3 is 0 Å². The molecule has 0 bridgehead atoms. The molecular weight excluding hydrogens is 228 g/mol. The smallest absolute Gasteiger partial charge is 0.0305 e. The van der Waals surface area contributed by atoms with Crippen LogP contribution in [0, 0.1) is 6.92 Å². The summed E-state index contributed by atoms with van der Waals surface area (Å²) in [6, 6.07) is 8.49. The van der Waals surface area contributed by atoms with Gasteiger partial charge in [0.25, 0.3) is 0 Å². The van der Waals surface area contributed by atoms with Crippen LogP contribution < -0.4 is 0 Å². The molecule has 19 heavy (non-hydrogen) atoms. The molecule has 0 N–H and O–H groups in total. The summed E-state index contributed by atoms with van der Waals surface area (Å²) in [5.41, 5.74) is 2.86. The van der Waals surface area contributed by atoms with Crippen molar-refractivity contribution in [3.63, 3.8) is 0 Å². The lowest BCUT2D eigenvalue weighted by Crippen LogP contribution is -1.82. The van der Waals surface area contributed by atoms with E-state index in [2.05, 4.69) is 78.3 Å². The molecular formula is C19H36. The molecule has 0 saturated heterocycles. The van der Waals surface area contributed by atoms with Gasteiger partial charge in [-0.1, -0.05) is 71.7 Å². The van der Waals surface area contributed by atoms with Crippen LogP contribution in [0.15, 0.2) is 50.6 Å². The molecule has 0 spiro atoms. The number of benzene rings is 1. The van der Waals surface area contributed by atoms with Crippen LogP contribution in [0.25, 0.3) is 0 Å². The van der Waals surface area contributed by atoms with Crippen molar-refractivity contribution in [2.45, 2.75) is 60.8 Å². The second-order valence-corrected chi connectivity index (χ2v) is 3.28. The first-order valence-corrected chi connectivity index (χ1v) is 7.30. The topological polar surface area (TPSA) is 0 Å². The van der Waals surface area contributed by atoms with Gasteiger partial charge in [0, 0.05) is 0 Å². The van der Waals surface area contributed by atoms with Crippen molar-refractivity contribution in [2.24, 2.45) is 0 Å². The van der Waals surface area contributed by atoms with Crippen LogP contribution in [0.5, 0.6) is 0 Å². The molecule has 0 amide bonds. The molecule has 0 nitrogen and oxygen atoms in total. The van der Waals surface area contributed by atoms with E-state index < -0.39 is 0 Å². The second-order valence-electron chi connectivity index (χ2n) is 3.28. The van der Waals surface area contributed by atoms with Crippen molar-refractivity contribution in [1.29, 1.82) is 0 Å². The molecule has 1 aromatic rings. The Kier molecular flexibility index (Phi) is 41.6. The van der Waals surface area contributed by atoms with Crippen molar-refractivity contribution in [3.05, 3.63) is 61.7 Å². The minimum Gasteiger partial charge on any atom is -0.106 e. The minimum atomic E-state index is 1.15. The molecule has 0 unspecified atom stereocenters. The standard InChI is InChI=1S/C9H12.C4H10.C2H6.2C2H4/c1-3-9-7-5-4-6-8(9)2;1-3-4-2;3*1-2/h4-7H,3H2,1-2H3;3-4H2,1-2H3;1-2H3;2*1-2H2. The molecule has 0 aromatic heterocycles. The molecule has 1 rings (SSSR count). The van der Waals surface area contributed by atoms with Crippen molar-refractivity contribution in [1.82, 2.24) is 0 Å². The first-order chi connectivity index (χ1) is 9.26. The molecule has 0 aliphatic heterocycles. The van der Waals surface area contributed by atoms with Gasteiger partial charge in [0.05, 0.1) is 0 Å². The van der Waals surface area contributed by atoms with E-state index in [-0.39, 0.29) is 0 Å². The SMILES string of the molecule is C=C.C=C.CC.CCCC.CCc1ccccc1C. The lowest BCUT2D eigenvalue weighted by molar-refractivity contribution is 0.886. The highest BCUT2D eigenvalue weighted by Gasteiger charge is 1.89. The van der Waals surface area contributed by atoms with E-state index in [0.717, 1.165) is 6.42 Å². The van der Waals surface area contributed by atoms with Crippen LogP contribution >= 0.6 is 0 Å². The van der Waals surface area contributed by atoms with Crippen molar-refractivity contribution < 1.29 is 0 Å². The van der Waals surface area contributed by atoms with E-state index in [1.807, 2.05) is 13.8 Å². The van der Waals surface area contributed by atoms with Crippen LogP contribution in [-0.2, 0) is 6.42 Å². The fraction of sp³-hybridized carbons (Fsp3) is 0.474. The zero-order valence-corrected chi connectivity index (χ0v) is 14.3. The maximum absolute atomic E-state index is 3.00. The maximum Gasteiger partial charge on any atom is -0.0305 e. The predicted molar refractivity (Wildman–Crippen MR) is 95.0 cm³/mol. The molecule has 0 saturated carbocycles. The average Bonchev–Trinajstić information content (AvgIpc) is 2.54. The van der Waals surface area contributed by atoms with Gasteiger partial charge < -0.3 is 0 Å². The van der Waals surface area contributed by atoms with Crippen LogP contribution in [0.4, 0.5) is 0 Å². The number of hydrogen-bond acceptors (Lipinski definition) is 0. The summed E-state index contributed by atoms with van der Waals surface area (Å²) in [6.07, 6.45) is 3.78. The molecule has 0 radical (unpaired) electrons. The number of aryl methyl sites for hydroxylation is 2. The third-order valence-corrected chi connectivity index (χ3v) is 2.14. The van der Waals surface area contributed by atoms with Gasteiger partial charge in [-0.2, -0.15) is 0 Å². The zero-order valence-electron chi connectivity index (χ0n) is 14.3. The molecule has 0 atom stereocenters. The van der Waals surface area contributed by atoms with Gasteiger partial charge in [0.2, 0.25) is 0 Å². The zero-order chi connectivity index (χ0) is 16.1. The molecule has 112 valence electrons. The number of unbranched alkanes of at least 4 members (excludes halogenated alkanes) is 1. The lowest BCUT2D eigenvalue weighted by Gasteiger charge is -1.98. The predicted octanol–water partition coefficient (Wildman–Crippen LogP) is 6.99. The maximum atomic E-state index is 3.00. The largest absolute Gasteiger partial charge is 0.106 e. The highest BCUT2D eigenvalue weighted by Crippen LogP contribution is 2.06. The van der Waals surface area contributed by atoms with Crippen molar-refractivity contribution in [2.75, 3.05) is 0 Å². The van der Waals surface area contributed by atoms with E-state index >= 15 is 0 Å². The van der Waals surface area contributed by atoms with Gasteiger partial charge in [0.1, 0.15) is 0 Å². The third kappa shape index (κ3) is 22.4. The minimum absolute atomic E-state index is 1.15. The van der Waals surface area contributed by atoms with Gasteiger partial charge in [-0.05, 0) is 24.5 Å². The Balaban J connectivity index is -0.0000000957. The Hall–Kier alpha value is -1.30. The van der Waals surface area contributed by atoms with Crippen LogP contribution in [0.2, 0.25) is 0 Å². The quantitative estimate of drug-likeness (QED) is 0.505. The Morgan fingerprint density at radius 1 is 0.789 bits per heavy atom. The summed E-state index contributed by atoms with van der Waals surface area (Å²) in [5, 5.41) is 0. The van der Waals surface area contributed by atoms with E-state index in [1.165, 1.54) is 24.0 Å². The molecule has 0 fully saturated rings. The van der Waals surface area contributed by atoms with E-state index in [4.69, 9.17) is 0 Å². The Morgan fingerprint density at radius 2 is 1.16 bits per heavy atom. The van der Waals surface area contributed by atoms with E-state index in [9.17, 15) is 0 Å². The Morgan fingerprint density at radius 3 is 1.37 bits per heavy atom. The first kappa shape index (κ1) is 26.3. The Labute approximate surface area is 123 Å².